The summed E-state index contributed by atoms with van der Waals surface area (Å²) < 4.78 is 1.06. The predicted octanol–water partition coefficient (Wildman–Crippen LogP) is 3.27. The van der Waals surface area contributed by atoms with E-state index in [1.54, 1.807) is 24.3 Å². The first-order chi connectivity index (χ1) is 8.60. The molecule has 0 aliphatic heterocycles. The molecule has 18 heavy (non-hydrogen) atoms. The molecule has 92 valence electrons. The van der Waals surface area contributed by atoms with Gasteiger partial charge in [0.25, 0.3) is 0 Å². The highest BCUT2D eigenvalue weighted by atomic mass is 79.9. The zero-order chi connectivity index (χ0) is 13.1. The van der Waals surface area contributed by atoms with Gasteiger partial charge in [-0.05, 0) is 35.0 Å². The van der Waals surface area contributed by atoms with Gasteiger partial charge in [-0.25, -0.2) is 9.97 Å². The topological polar surface area (TPSA) is 64.8 Å². The summed E-state index contributed by atoms with van der Waals surface area (Å²) in [5.74, 6) is 1.87. The summed E-state index contributed by atoms with van der Waals surface area (Å²) >= 11 is 5.04. The Kier molecular flexibility index (Phi) is 3.79. The van der Waals surface area contributed by atoms with Crippen molar-refractivity contribution in [3.63, 3.8) is 0 Å². The van der Waals surface area contributed by atoms with Crippen LogP contribution in [-0.4, -0.2) is 17.0 Å². The van der Waals surface area contributed by atoms with E-state index in [9.17, 15) is 0 Å². The van der Waals surface area contributed by atoms with Crippen LogP contribution < -0.4 is 10.2 Å². The fourth-order valence-electron chi connectivity index (χ4n) is 1.44. The summed E-state index contributed by atoms with van der Waals surface area (Å²) in [6, 6.07) is 5.73. The smallest absolute Gasteiger partial charge is 0.182 e. The van der Waals surface area contributed by atoms with Crippen LogP contribution in [0.2, 0.25) is 0 Å². The largest absolute Gasteiger partial charge is 0.321 e. The number of thiophene rings is 1. The Morgan fingerprint density at radius 2 is 2.22 bits per heavy atom. The van der Waals surface area contributed by atoms with E-state index in [1.807, 2.05) is 30.3 Å². The number of nitrogens with zero attached hydrogens (tertiary/aromatic N) is 4. The highest BCUT2D eigenvalue weighted by molar-refractivity contribution is 9.11. The first-order valence-electron chi connectivity index (χ1n) is 5.10. The highest BCUT2D eigenvalue weighted by Crippen LogP contribution is 2.33. The summed E-state index contributed by atoms with van der Waals surface area (Å²) in [6.45, 7) is 1.80. The standard InChI is InChI=1S/C11H10BrN5S/c1-7-15-9(14-6-13)5-10(16-7)17(2)11-4-3-8(12)18-11/h3-5H,1-2H3,(H,14,15,16). The minimum atomic E-state index is 0.502. The summed E-state index contributed by atoms with van der Waals surface area (Å²) in [6.07, 6.45) is 1.86. The van der Waals surface area contributed by atoms with Crippen LogP contribution in [0.15, 0.2) is 22.0 Å². The van der Waals surface area contributed by atoms with Gasteiger partial charge < -0.3 is 4.90 Å². The van der Waals surface area contributed by atoms with Crippen LogP contribution in [0.1, 0.15) is 5.82 Å². The van der Waals surface area contributed by atoms with E-state index in [1.165, 1.54) is 0 Å². The van der Waals surface area contributed by atoms with Crippen LogP contribution in [0, 0.1) is 18.4 Å². The van der Waals surface area contributed by atoms with E-state index >= 15 is 0 Å². The lowest BCUT2D eigenvalue weighted by Gasteiger charge is -2.16. The second-order valence-electron chi connectivity index (χ2n) is 3.53. The fraction of sp³-hybridized carbons (Fsp3) is 0.182. The van der Waals surface area contributed by atoms with E-state index in [0.29, 0.717) is 11.6 Å². The average Bonchev–Trinajstić information content (AvgIpc) is 2.74. The molecule has 0 aliphatic rings. The summed E-state index contributed by atoms with van der Waals surface area (Å²) in [7, 11) is 1.93. The van der Waals surface area contributed by atoms with Gasteiger partial charge >= 0.3 is 0 Å². The third-order valence-electron chi connectivity index (χ3n) is 2.24. The molecule has 0 fully saturated rings. The molecule has 0 aromatic carbocycles. The Bertz CT molecular complexity index is 604. The van der Waals surface area contributed by atoms with Gasteiger partial charge in [0.2, 0.25) is 0 Å². The monoisotopic (exact) mass is 323 g/mol. The number of halogens is 1. The molecule has 2 heterocycles. The zero-order valence-electron chi connectivity index (χ0n) is 9.81. The number of aromatic nitrogens is 2. The van der Waals surface area contributed by atoms with Crippen molar-refractivity contribution < 1.29 is 0 Å². The van der Waals surface area contributed by atoms with Gasteiger partial charge in [0.05, 0.1) is 8.79 Å². The quantitative estimate of drug-likeness (QED) is 0.693. The van der Waals surface area contributed by atoms with Crippen molar-refractivity contribution in [3.05, 3.63) is 27.8 Å². The fourth-order valence-corrected chi connectivity index (χ4v) is 2.78. The molecule has 2 aromatic rings. The molecule has 5 nitrogen and oxygen atoms in total. The lowest BCUT2D eigenvalue weighted by Crippen LogP contribution is -2.11. The third-order valence-corrected chi connectivity index (χ3v) is 3.94. The molecule has 2 rings (SSSR count). The maximum atomic E-state index is 8.62. The number of hydrogen-bond donors (Lipinski definition) is 1. The van der Waals surface area contributed by atoms with Crippen molar-refractivity contribution in [1.29, 1.82) is 5.26 Å². The molecule has 0 amide bonds. The predicted molar refractivity (Wildman–Crippen MR) is 76.1 cm³/mol. The Labute approximate surface area is 117 Å². The number of nitrogens with one attached hydrogen (secondary N) is 1. The van der Waals surface area contributed by atoms with Crippen molar-refractivity contribution in [1.82, 2.24) is 9.97 Å². The van der Waals surface area contributed by atoms with Crippen molar-refractivity contribution in [2.75, 3.05) is 17.3 Å². The molecule has 0 saturated heterocycles. The Morgan fingerprint density at radius 3 is 2.83 bits per heavy atom. The van der Waals surface area contributed by atoms with Crippen LogP contribution in [0.4, 0.5) is 16.6 Å². The number of nitriles is 1. The molecule has 0 aliphatic carbocycles. The molecule has 0 bridgehead atoms. The minimum Gasteiger partial charge on any atom is -0.321 e. The SMILES string of the molecule is Cc1nc(NC#N)cc(N(C)c2ccc(Br)s2)n1. The van der Waals surface area contributed by atoms with Crippen molar-refractivity contribution in [2.45, 2.75) is 6.92 Å². The highest BCUT2D eigenvalue weighted by Gasteiger charge is 2.10. The molecule has 0 unspecified atom stereocenters. The van der Waals surface area contributed by atoms with Gasteiger partial charge in [-0.2, -0.15) is 5.26 Å². The average molecular weight is 324 g/mol. The van der Waals surface area contributed by atoms with Crippen molar-refractivity contribution in [2.24, 2.45) is 0 Å². The lowest BCUT2D eigenvalue weighted by atomic mass is 10.4. The first-order valence-corrected chi connectivity index (χ1v) is 6.71. The first kappa shape index (κ1) is 12.8. The maximum Gasteiger partial charge on any atom is 0.182 e. The van der Waals surface area contributed by atoms with E-state index in [4.69, 9.17) is 5.26 Å². The van der Waals surface area contributed by atoms with Crippen LogP contribution in [0.3, 0.4) is 0 Å². The molecule has 1 N–H and O–H groups in total. The van der Waals surface area contributed by atoms with Gasteiger partial charge in [0.1, 0.15) is 17.5 Å². The third kappa shape index (κ3) is 2.78. The molecule has 0 saturated carbocycles. The van der Waals surface area contributed by atoms with Crippen LogP contribution in [-0.2, 0) is 0 Å². The van der Waals surface area contributed by atoms with Gasteiger partial charge in [-0.15, -0.1) is 11.3 Å². The number of aryl methyl sites for hydroxylation is 1. The van der Waals surface area contributed by atoms with Gasteiger partial charge in [-0.1, -0.05) is 0 Å². The molecule has 2 aromatic heterocycles. The lowest BCUT2D eigenvalue weighted by molar-refractivity contribution is 1.02. The second kappa shape index (κ2) is 5.33. The van der Waals surface area contributed by atoms with Gasteiger partial charge in [0.15, 0.2) is 6.19 Å². The van der Waals surface area contributed by atoms with Crippen LogP contribution in [0.25, 0.3) is 0 Å². The molecule has 0 atom stereocenters. The molecule has 0 radical (unpaired) electrons. The summed E-state index contributed by atoms with van der Waals surface area (Å²) in [4.78, 5) is 10.4. The van der Waals surface area contributed by atoms with Gasteiger partial charge in [0, 0.05) is 13.1 Å². The minimum absolute atomic E-state index is 0.502. The van der Waals surface area contributed by atoms with Crippen molar-refractivity contribution in [3.8, 4) is 6.19 Å². The van der Waals surface area contributed by atoms with Crippen molar-refractivity contribution >= 4 is 43.9 Å². The van der Waals surface area contributed by atoms with E-state index < -0.39 is 0 Å². The molecule has 0 spiro atoms. The Morgan fingerprint density at radius 1 is 1.44 bits per heavy atom. The molecular formula is C11H10BrN5S. The van der Waals surface area contributed by atoms with E-state index in [-0.39, 0.29) is 0 Å². The molecule has 7 heteroatoms. The van der Waals surface area contributed by atoms with E-state index in [0.717, 1.165) is 14.6 Å². The maximum absolute atomic E-state index is 8.62. The normalized spacial score (nSPS) is 9.89. The second-order valence-corrected chi connectivity index (χ2v) is 5.97. The zero-order valence-corrected chi connectivity index (χ0v) is 12.2. The summed E-state index contributed by atoms with van der Waals surface area (Å²) in [5, 5.41) is 12.2. The Balaban J connectivity index is 2.35. The molecular weight excluding hydrogens is 314 g/mol. The number of rotatable bonds is 3. The number of hydrogen-bond acceptors (Lipinski definition) is 6. The Hall–Kier alpha value is -1.65. The number of anilines is 3. The summed E-state index contributed by atoms with van der Waals surface area (Å²) in [5.41, 5.74) is 0. The van der Waals surface area contributed by atoms with Crippen LogP contribution in [0.5, 0.6) is 0 Å². The van der Waals surface area contributed by atoms with Crippen LogP contribution >= 0.6 is 27.3 Å². The van der Waals surface area contributed by atoms with Gasteiger partial charge in [-0.3, -0.25) is 5.32 Å². The van der Waals surface area contributed by atoms with E-state index in [2.05, 4.69) is 31.2 Å².